The summed E-state index contributed by atoms with van der Waals surface area (Å²) >= 11 is 0. The second-order valence-electron chi connectivity index (χ2n) is 9.18. The van der Waals surface area contributed by atoms with Crippen molar-refractivity contribution >= 4 is 27.2 Å². The number of rotatable bonds is 9. The minimum Gasteiger partial charge on any atom is -0.379 e. The van der Waals surface area contributed by atoms with Gasteiger partial charge in [0.1, 0.15) is 0 Å². The molecular formula is C23H34N8O2S. The molecule has 34 heavy (non-hydrogen) atoms. The van der Waals surface area contributed by atoms with Crippen LogP contribution in [0.25, 0.3) is 5.65 Å². The topological polar surface area (TPSA) is 99.0 Å². The van der Waals surface area contributed by atoms with Gasteiger partial charge in [0.25, 0.3) is 0 Å². The summed E-state index contributed by atoms with van der Waals surface area (Å²) < 4.78 is 28.7. The second kappa shape index (κ2) is 10.2. The molecule has 1 aliphatic rings. The molecule has 10 nitrogen and oxygen atoms in total. The van der Waals surface area contributed by atoms with Crippen LogP contribution in [-0.4, -0.2) is 90.0 Å². The molecule has 0 aliphatic carbocycles. The van der Waals surface area contributed by atoms with Crippen molar-refractivity contribution in [3.63, 3.8) is 0 Å². The van der Waals surface area contributed by atoms with Crippen LogP contribution in [0.5, 0.6) is 0 Å². The van der Waals surface area contributed by atoms with Crippen molar-refractivity contribution in [2.24, 2.45) is 0 Å². The molecule has 0 unspecified atom stereocenters. The lowest BCUT2D eigenvalue weighted by molar-refractivity contribution is 0.326. The van der Waals surface area contributed by atoms with Gasteiger partial charge >= 0.3 is 0 Å². The van der Waals surface area contributed by atoms with E-state index in [4.69, 9.17) is 5.10 Å². The van der Waals surface area contributed by atoms with E-state index in [1.165, 1.54) is 5.56 Å². The van der Waals surface area contributed by atoms with Crippen molar-refractivity contribution in [3.05, 3.63) is 47.8 Å². The molecule has 0 radical (unpaired) electrons. The average molecular weight is 487 g/mol. The van der Waals surface area contributed by atoms with Gasteiger partial charge in [-0.15, -0.1) is 15.3 Å². The Morgan fingerprint density at radius 1 is 1.09 bits per heavy atom. The standard InChI is InChI=1S/C23H34N8O2S/c1-18-25-26-23-21(16-22(27-31(18)23)29(4)17-19-8-6-5-7-9-19)24-20-10-12-30(13-11-20)34(32,33)15-14-28(2)3/h5-9,16,20,24H,10-15,17H2,1-4H3. The smallest absolute Gasteiger partial charge is 0.215 e. The summed E-state index contributed by atoms with van der Waals surface area (Å²) in [6.45, 7) is 4.17. The lowest BCUT2D eigenvalue weighted by atomic mass is 10.1. The van der Waals surface area contributed by atoms with E-state index < -0.39 is 10.0 Å². The summed E-state index contributed by atoms with van der Waals surface area (Å²) in [5.41, 5.74) is 2.74. The molecule has 1 aromatic carbocycles. The highest BCUT2D eigenvalue weighted by molar-refractivity contribution is 7.89. The third-order valence-electron chi connectivity index (χ3n) is 6.17. The van der Waals surface area contributed by atoms with Gasteiger partial charge in [-0.25, -0.2) is 12.7 Å². The molecule has 1 saturated heterocycles. The van der Waals surface area contributed by atoms with Gasteiger partial charge in [0, 0.05) is 45.3 Å². The van der Waals surface area contributed by atoms with Crippen molar-refractivity contribution in [1.82, 2.24) is 29.0 Å². The van der Waals surface area contributed by atoms with E-state index in [1.54, 1.807) is 8.82 Å². The number of piperidine rings is 1. The molecule has 3 heterocycles. The molecule has 0 amide bonds. The van der Waals surface area contributed by atoms with Gasteiger partial charge in [0.2, 0.25) is 15.7 Å². The lowest BCUT2D eigenvalue weighted by Crippen LogP contribution is -2.44. The van der Waals surface area contributed by atoms with Crippen LogP contribution in [0, 0.1) is 6.92 Å². The molecule has 11 heteroatoms. The molecule has 184 valence electrons. The highest BCUT2D eigenvalue weighted by atomic mass is 32.2. The van der Waals surface area contributed by atoms with Crippen LogP contribution in [-0.2, 0) is 16.6 Å². The monoisotopic (exact) mass is 486 g/mol. The van der Waals surface area contributed by atoms with Gasteiger partial charge in [-0.05, 0) is 39.4 Å². The molecular weight excluding hydrogens is 452 g/mol. The van der Waals surface area contributed by atoms with Crippen molar-refractivity contribution in [1.29, 1.82) is 0 Å². The van der Waals surface area contributed by atoms with Gasteiger partial charge in [0.15, 0.2) is 11.6 Å². The number of aromatic nitrogens is 4. The van der Waals surface area contributed by atoms with E-state index in [0.717, 1.165) is 36.7 Å². The number of aryl methyl sites for hydroxylation is 1. The number of anilines is 2. The first-order valence-corrected chi connectivity index (χ1v) is 13.2. The number of nitrogens with one attached hydrogen (secondary N) is 1. The first kappa shape index (κ1) is 24.4. The Hall–Kier alpha value is -2.76. The van der Waals surface area contributed by atoms with Crippen LogP contribution in [0.15, 0.2) is 36.4 Å². The highest BCUT2D eigenvalue weighted by Gasteiger charge is 2.28. The van der Waals surface area contributed by atoms with Crippen LogP contribution < -0.4 is 10.2 Å². The Balaban J connectivity index is 1.48. The summed E-state index contributed by atoms with van der Waals surface area (Å²) in [5, 5.41) is 16.9. The van der Waals surface area contributed by atoms with Crippen LogP contribution >= 0.6 is 0 Å². The van der Waals surface area contributed by atoms with Crippen LogP contribution in [0.4, 0.5) is 11.5 Å². The fourth-order valence-corrected chi connectivity index (χ4v) is 5.75. The number of hydrogen-bond acceptors (Lipinski definition) is 8. The SMILES string of the molecule is Cc1nnc2c(NC3CCN(S(=O)(=O)CCN(C)C)CC3)cc(N(C)Cc3ccccc3)nn12. The maximum absolute atomic E-state index is 12.6. The van der Waals surface area contributed by atoms with Crippen molar-refractivity contribution < 1.29 is 8.42 Å². The second-order valence-corrected chi connectivity index (χ2v) is 11.3. The van der Waals surface area contributed by atoms with Gasteiger partial charge < -0.3 is 15.1 Å². The Morgan fingerprint density at radius 2 is 1.79 bits per heavy atom. The third kappa shape index (κ3) is 5.65. The minimum atomic E-state index is -3.23. The summed E-state index contributed by atoms with van der Waals surface area (Å²) in [5.74, 6) is 1.68. The molecule has 3 aromatic rings. The van der Waals surface area contributed by atoms with Crippen LogP contribution in [0.2, 0.25) is 0 Å². The zero-order valence-electron chi connectivity index (χ0n) is 20.3. The zero-order chi connectivity index (χ0) is 24.3. The molecule has 1 fully saturated rings. The fourth-order valence-electron chi connectivity index (χ4n) is 4.13. The minimum absolute atomic E-state index is 0.149. The number of fused-ring (bicyclic) bond motifs is 1. The molecule has 0 spiro atoms. The van der Waals surface area contributed by atoms with Crippen molar-refractivity contribution in [3.8, 4) is 0 Å². The summed E-state index contributed by atoms with van der Waals surface area (Å²) in [4.78, 5) is 3.99. The number of sulfonamides is 1. The molecule has 2 aromatic heterocycles. The lowest BCUT2D eigenvalue weighted by Gasteiger charge is -2.32. The maximum Gasteiger partial charge on any atom is 0.215 e. The molecule has 1 aliphatic heterocycles. The molecule has 0 saturated carbocycles. The fraction of sp³-hybridized carbons (Fsp3) is 0.522. The van der Waals surface area contributed by atoms with Gasteiger partial charge in [0.05, 0.1) is 11.4 Å². The number of nitrogens with zero attached hydrogens (tertiary/aromatic N) is 7. The molecule has 4 rings (SSSR count). The summed E-state index contributed by atoms with van der Waals surface area (Å²) in [6, 6.07) is 12.4. The molecule has 0 bridgehead atoms. The first-order valence-electron chi connectivity index (χ1n) is 11.6. The Bertz CT molecular complexity index is 1200. The molecule has 1 N–H and O–H groups in total. The Morgan fingerprint density at radius 3 is 2.47 bits per heavy atom. The van der Waals surface area contributed by atoms with E-state index >= 15 is 0 Å². The van der Waals surface area contributed by atoms with Crippen molar-refractivity contribution in [2.45, 2.75) is 32.4 Å². The van der Waals surface area contributed by atoms with Gasteiger partial charge in [-0.2, -0.15) is 4.52 Å². The zero-order valence-corrected chi connectivity index (χ0v) is 21.2. The predicted molar refractivity (Wildman–Crippen MR) is 135 cm³/mol. The quantitative estimate of drug-likeness (QED) is 0.489. The summed E-state index contributed by atoms with van der Waals surface area (Å²) in [6.07, 6.45) is 1.47. The van der Waals surface area contributed by atoms with E-state index in [-0.39, 0.29) is 11.8 Å². The van der Waals surface area contributed by atoms with E-state index in [1.807, 2.05) is 57.2 Å². The highest BCUT2D eigenvalue weighted by Crippen LogP contribution is 2.25. The predicted octanol–water partition coefficient (Wildman–Crippen LogP) is 1.84. The average Bonchev–Trinajstić information content (AvgIpc) is 3.20. The first-order chi connectivity index (χ1) is 16.2. The molecule has 0 atom stereocenters. The number of benzene rings is 1. The number of hydrogen-bond donors (Lipinski definition) is 1. The van der Waals surface area contributed by atoms with E-state index in [2.05, 4.69) is 32.5 Å². The Kier molecular flexibility index (Phi) is 7.34. The van der Waals surface area contributed by atoms with E-state index in [9.17, 15) is 8.42 Å². The van der Waals surface area contributed by atoms with Crippen molar-refractivity contribution in [2.75, 3.05) is 56.7 Å². The van der Waals surface area contributed by atoms with E-state index in [0.29, 0.717) is 25.3 Å². The Labute approximate surface area is 201 Å². The normalized spacial score (nSPS) is 15.8. The third-order valence-corrected chi connectivity index (χ3v) is 8.02. The van der Waals surface area contributed by atoms with Gasteiger partial charge in [-0.3, -0.25) is 0 Å². The largest absolute Gasteiger partial charge is 0.379 e. The maximum atomic E-state index is 12.6. The van der Waals surface area contributed by atoms with Gasteiger partial charge in [-0.1, -0.05) is 30.3 Å². The summed E-state index contributed by atoms with van der Waals surface area (Å²) in [7, 11) is 2.56. The van der Waals surface area contributed by atoms with Crippen LogP contribution in [0.1, 0.15) is 24.2 Å². The van der Waals surface area contributed by atoms with Crippen LogP contribution in [0.3, 0.4) is 0 Å².